The highest BCUT2D eigenvalue weighted by molar-refractivity contribution is 9.10. The molecule has 2 amide bonds. The van der Waals surface area contributed by atoms with Gasteiger partial charge in [0.1, 0.15) is 11.1 Å². The van der Waals surface area contributed by atoms with Crippen LogP contribution in [0.2, 0.25) is 0 Å². The van der Waals surface area contributed by atoms with Crippen molar-refractivity contribution in [3.63, 3.8) is 0 Å². The smallest absolute Gasteiger partial charge is 0.256 e. The highest BCUT2D eigenvalue weighted by Gasteiger charge is 2.26. The van der Waals surface area contributed by atoms with Gasteiger partial charge in [0, 0.05) is 28.4 Å². The van der Waals surface area contributed by atoms with Gasteiger partial charge in [-0.05, 0) is 36.2 Å². The second kappa shape index (κ2) is 6.75. The van der Waals surface area contributed by atoms with Crippen molar-refractivity contribution in [1.82, 2.24) is 4.90 Å². The van der Waals surface area contributed by atoms with Gasteiger partial charge in [-0.1, -0.05) is 15.9 Å². The van der Waals surface area contributed by atoms with E-state index in [4.69, 9.17) is 0 Å². The zero-order chi connectivity index (χ0) is 17.3. The first-order valence-corrected chi connectivity index (χ1v) is 8.97. The van der Waals surface area contributed by atoms with E-state index in [1.807, 2.05) is 0 Å². The minimum absolute atomic E-state index is 0.0213. The Bertz CT molecular complexity index is 852. The first-order valence-electron chi connectivity index (χ1n) is 7.36. The molecule has 0 fully saturated rings. The number of fused-ring (bicyclic) bond motifs is 1. The SMILES string of the molecule is CC(=O)N1CCc2c(sc(NC(=O)c3ccc(Br)cc3)c2C#N)C1. The van der Waals surface area contributed by atoms with Crippen molar-refractivity contribution >= 4 is 44.1 Å². The Balaban J connectivity index is 1.87. The van der Waals surface area contributed by atoms with Crippen LogP contribution in [0.1, 0.15) is 33.3 Å². The molecular formula is C17H14BrN3O2S. The number of nitrogens with one attached hydrogen (secondary N) is 1. The zero-order valence-electron chi connectivity index (χ0n) is 12.9. The summed E-state index contributed by atoms with van der Waals surface area (Å²) in [5, 5.41) is 12.9. The van der Waals surface area contributed by atoms with Gasteiger partial charge >= 0.3 is 0 Å². The topological polar surface area (TPSA) is 73.2 Å². The molecule has 1 aromatic carbocycles. The molecule has 0 atom stereocenters. The molecule has 0 radical (unpaired) electrons. The number of nitriles is 1. The molecule has 0 bridgehead atoms. The molecule has 0 spiro atoms. The van der Waals surface area contributed by atoms with Gasteiger partial charge in [-0.25, -0.2) is 0 Å². The lowest BCUT2D eigenvalue weighted by atomic mass is 10.0. The second-order valence-corrected chi connectivity index (χ2v) is 7.49. The lowest BCUT2D eigenvalue weighted by molar-refractivity contribution is -0.129. The fourth-order valence-electron chi connectivity index (χ4n) is 2.66. The van der Waals surface area contributed by atoms with Crippen molar-refractivity contribution < 1.29 is 9.59 Å². The summed E-state index contributed by atoms with van der Waals surface area (Å²) < 4.78 is 0.896. The fourth-order valence-corrected chi connectivity index (χ4v) is 4.13. The first kappa shape index (κ1) is 16.7. The predicted octanol–water partition coefficient (Wildman–Crippen LogP) is 3.54. The van der Waals surface area contributed by atoms with E-state index in [1.165, 1.54) is 11.3 Å². The molecule has 3 rings (SSSR count). The number of thiophene rings is 1. The van der Waals surface area contributed by atoms with Gasteiger partial charge in [0.15, 0.2) is 0 Å². The van der Waals surface area contributed by atoms with Crippen molar-refractivity contribution in [2.75, 3.05) is 11.9 Å². The molecule has 2 aromatic rings. The largest absolute Gasteiger partial charge is 0.337 e. The molecule has 0 unspecified atom stereocenters. The van der Waals surface area contributed by atoms with E-state index < -0.39 is 0 Å². The Morgan fingerprint density at radius 3 is 2.67 bits per heavy atom. The third-order valence-electron chi connectivity index (χ3n) is 3.95. The minimum atomic E-state index is -0.249. The molecule has 1 aliphatic heterocycles. The molecule has 0 aliphatic carbocycles. The van der Waals surface area contributed by atoms with Crippen LogP contribution in [0.3, 0.4) is 0 Å². The minimum Gasteiger partial charge on any atom is -0.337 e. The van der Waals surface area contributed by atoms with E-state index in [0.29, 0.717) is 35.6 Å². The molecule has 0 saturated heterocycles. The van der Waals surface area contributed by atoms with Crippen LogP contribution >= 0.6 is 27.3 Å². The number of hydrogen-bond acceptors (Lipinski definition) is 4. The van der Waals surface area contributed by atoms with Crippen LogP contribution in [-0.2, 0) is 17.8 Å². The lowest BCUT2D eigenvalue weighted by Crippen LogP contribution is -2.33. The quantitative estimate of drug-likeness (QED) is 0.832. The molecule has 1 aliphatic rings. The maximum atomic E-state index is 12.4. The Morgan fingerprint density at radius 1 is 1.33 bits per heavy atom. The van der Waals surface area contributed by atoms with Gasteiger partial charge in [-0.15, -0.1) is 11.3 Å². The number of halogens is 1. The van der Waals surface area contributed by atoms with Crippen LogP contribution in [0.5, 0.6) is 0 Å². The summed E-state index contributed by atoms with van der Waals surface area (Å²) in [6.07, 6.45) is 0.641. The Labute approximate surface area is 152 Å². The number of benzene rings is 1. The molecule has 122 valence electrons. The highest BCUT2D eigenvalue weighted by Crippen LogP contribution is 2.36. The fraction of sp³-hybridized carbons (Fsp3) is 0.235. The van der Waals surface area contributed by atoms with Crippen LogP contribution in [0, 0.1) is 11.3 Å². The predicted molar refractivity (Wildman–Crippen MR) is 95.9 cm³/mol. The van der Waals surface area contributed by atoms with Crippen molar-refractivity contribution in [2.24, 2.45) is 0 Å². The van der Waals surface area contributed by atoms with Crippen molar-refractivity contribution in [3.05, 3.63) is 50.3 Å². The van der Waals surface area contributed by atoms with Crippen LogP contribution in [-0.4, -0.2) is 23.3 Å². The summed E-state index contributed by atoms with van der Waals surface area (Å²) in [6.45, 7) is 2.64. The summed E-state index contributed by atoms with van der Waals surface area (Å²) >= 11 is 4.71. The van der Waals surface area contributed by atoms with Gasteiger partial charge < -0.3 is 10.2 Å². The number of rotatable bonds is 2. The second-order valence-electron chi connectivity index (χ2n) is 5.47. The molecule has 24 heavy (non-hydrogen) atoms. The molecule has 7 heteroatoms. The van der Waals surface area contributed by atoms with Gasteiger partial charge in [-0.3, -0.25) is 9.59 Å². The van der Waals surface area contributed by atoms with Gasteiger partial charge in [-0.2, -0.15) is 5.26 Å². The Morgan fingerprint density at radius 2 is 2.04 bits per heavy atom. The first-order chi connectivity index (χ1) is 11.5. The van der Waals surface area contributed by atoms with Crippen molar-refractivity contribution in [1.29, 1.82) is 5.26 Å². The normalized spacial score (nSPS) is 13.1. The Hall–Kier alpha value is -2.17. The average molecular weight is 404 g/mol. The summed E-state index contributed by atoms with van der Waals surface area (Å²) in [6, 6.07) is 9.23. The Kier molecular flexibility index (Phi) is 4.69. The van der Waals surface area contributed by atoms with Gasteiger partial charge in [0.2, 0.25) is 5.91 Å². The molecule has 5 nitrogen and oxygen atoms in total. The highest BCUT2D eigenvalue weighted by atomic mass is 79.9. The van der Waals surface area contributed by atoms with E-state index in [0.717, 1.165) is 14.9 Å². The third-order valence-corrected chi connectivity index (χ3v) is 5.61. The summed E-state index contributed by atoms with van der Waals surface area (Å²) in [7, 11) is 0. The van der Waals surface area contributed by atoms with E-state index in [1.54, 1.807) is 36.1 Å². The number of anilines is 1. The zero-order valence-corrected chi connectivity index (χ0v) is 15.3. The molecule has 1 N–H and O–H groups in total. The number of hydrogen-bond donors (Lipinski definition) is 1. The molecular weight excluding hydrogens is 390 g/mol. The van der Waals surface area contributed by atoms with Gasteiger partial charge in [0.25, 0.3) is 5.91 Å². The maximum absolute atomic E-state index is 12.4. The third kappa shape index (κ3) is 3.21. The van der Waals surface area contributed by atoms with E-state index in [-0.39, 0.29) is 11.8 Å². The van der Waals surface area contributed by atoms with Crippen LogP contribution in [0.25, 0.3) is 0 Å². The molecule has 1 aromatic heterocycles. The summed E-state index contributed by atoms with van der Waals surface area (Å²) in [5.41, 5.74) is 1.99. The molecule has 0 saturated carbocycles. The van der Waals surface area contributed by atoms with Crippen molar-refractivity contribution in [2.45, 2.75) is 19.9 Å². The number of amides is 2. The molecule has 2 heterocycles. The standard InChI is InChI=1S/C17H14BrN3O2S/c1-10(22)21-7-6-13-14(8-19)17(24-15(13)9-21)20-16(23)11-2-4-12(18)5-3-11/h2-5H,6-7,9H2,1H3,(H,20,23). The average Bonchev–Trinajstić information content (AvgIpc) is 2.91. The monoisotopic (exact) mass is 403 g/mol. The van der Waals surface area contributed by atoms with Crippen LogP contribution in [0.15, 0.2) is 28.7 Å². The van der Waals surface area contributed by atoms with E-state index in [9.17, 15) is 14.9 Å². The van der Waals surface area contributed by atoms with E-state index in [2.05, 4.69) is 27.3 Å². The maximum Gasteiger partial charge on any atom is 0.256 e. The van der Waals surface area contributed by atoms with Crippen LogP contribution < -0.4 is 5.32 Å². The van der Waals surface area contributed by atoms with Gasteiger partial charge in [0.05, 0.1) is 12.1 Å². The number of carbonyl (C=O) groups is 2. The van der Waals surface area contributed by atoms with E-state index >= 15 is 0 Å². The van der Waals surface area contributed by atoms with Crippen LogP contribution in [0.4, 0.5) is 5.00 Å². The van der Waals surface area contributed by atoms with Crippen molar-refractivity contribution in [3.8, 4) is 6.07 Å². The number of nitrogens with zero attached hydrogens (tertiary/aromatic N) is 2. The lowest BCUT2D eigenvalue weighted by Gasteiger charge is -2.25. The summed E-state index contributed by atoms with van der Waals surface area (Å²) in [5.74, 6) is -0.228. The summed E-state index contributed by atoms with van der Waals surface area (Å²) in [4.78, 5) is 26.7. The number of carbonyl (C=O) groups excluding carboxylic acids is 2.